The molecular formula is C16H26O3S2. The predicted molar refractivity (Wildman–Crippen MR) is 91.7 cm³/mol. The number of hydrogen-bond acceptors (Lipinski definition) is 5. The second-order valence-electron chi connectivity index (χ2n) is 6.14. The van der Waals surface area contributed by atoms with Gasteiger partial charge in [-0.05, 0) is 44.6 Å². The van der Waals surface area contributed by atoms with Gasteiger partial charge in [0.1, 0.15) is 5.60 Å². The first-order valence-corrected chi connectivity index (χ1v) is 9.48. The van der Waals surface area contributed by atoms with Crippen LogP contribution in [0, 0.1) is 5.92 Å². The molecule has 3 nitrogen and oxygen atoms in total. The Bertz CT molecular complexity index is 420. The summed E-state index contributed by atoms with van der Waals surface area (Å²) in [5.41, 5.74) is -0.324. The summed E-state index contributed by atoms with van der Waals surface area (Å²) in [4.78, 5) is 24.2. The molecule has 3 atom stereocenters. The summed E-state index contributed by atoms with van der Waals surface area (Å²) >= 11 is 3.14. The molecule has 3 unspecified atom stereocenters. The van der Waals surface area contributed by atoms with Crippen molar-refractivity contribution in [3.05, 3.63) is 12.2 Å². The van der Waals surface area contributed by atoms with Gasteiger partial charge in [0, 0.05) is 10.8 Å². The van der Waals surface area contributed by atoms with Crippen LogP contribution in [0.2, 0.25) is 0 Å². The van der Waals surface area contributed by atoms with E-state index in [1.165, 1.54) is 11.8 Å². The average molecular weight is 331 g/mol. The van der Waals surface area contributed by atoms with Crippen LogP contribution in [0.15, 0.2) is 12.2 Å². The molecule has 1 rings (SSSR count). The van der Waals surface area contributed by atoms with Gasteiger partial charge in [-0.2, -0.15) is 11.8 Å². The SMILES string of the molecule is C=C(C)C(=O)OC1(C)CCC(SC(C)C)CC1C(=O)SC. The first-order chi connectivity index (χ1) is 9.69. The molecule has 0 radical (unpaired) electrons. The summed E-state index contributed by atoms with van der Waals surface area (Å²) in [6, 6.07) is 0. The molecular weight excluding hydrogens is 304 g/mol. The molecule has 0 aromatic rings. The predicted octanol–water partition coefficient (Wildman–Crippen LogP) is 4.06. The van der Waals surface area contributed by atoms with Crippen molar-refractivity contribution in [1.82, 2.24) is 0 Å². The maximum atomic E-state index is 12.3. The Labute approximate surface area is 136 Å². The molecule has 0 saturated heterocycles. The molecule has 21 heavy (non-hydrogen) atoms. The quantitative estimate of drug-likeness (QED) is 0.562. The van der Waals surface area contributed by atoms with Gasteiger partial charge in [0.05, 0.1) is 5.92 Å². The number of rotatable bonds is 5. The van der Waals surface area contributed by atoms with Gasteiger partial charge in [0.15, 0.2) is 5.12 Å². The normalized spacial score (nSPS) is 29.2. The standard InChI is InChI=1S/C16H26O3S2/c1-10(2)14(17)19-16(5)8-7-12(21-11(3)4)9-13(16)15(18)20-6/h11-13H,1,7-9H2,2-6H3. The Hall–Kier alpha value is -0.420. The highest BCUT2D eigenvalue weighted by Crippen LogP contribution is 2.43. The van der Waals surface area contributed by atoms with Gasteiger partial charge in [-0.3, -0.25) is 4.79 Å². The van der Waals surface area contributed by atoms with E-state index in [0.717, 1.165) is 19.3 Å². The molecule has 120 valence electrons. The summed E-state index contributed by atoms with van der Waals surface area (Å²) in [5, 5.41) is 1.12. The number of carbonyl (C=O) groups is 2. The van der Waals surface area contributed by atoms with Crippen molar-refractivity contribution < 1.29 is 14.3 Å². The minimum Gasteiger partial charge on any atom is -0.455 e. The highest BCUT2D eigenvalue weighted by Gasteiger charge is 2.46. The van der Waals surface area contributed by atoms with E-state index < -0.39 is 11.6 Å². The van der Waals surface area contributed by atoms with Crippen LogP contribution in [0.1, 0.15) is 47.0 Å². The van der Waals surface area contributed by atoms with Gasteiger partial charge >= 0.3 is 5.97 Å². The Balaban J connectivity index is 2.89. The first-order valence-electron chi connectivity index (χ1n) is 7.31. The highest BCUT2D eigenvalue weighted by atomic mass is 32.2. The van der Waals surface area contributed by atoms with E-state index in [-0.39, 0.29) is 11.0 Å². The van der Waals surface area contributed by atoms with Crippen LogP contribution in [0.4, 0.5) is 0 Å². The molecule has 0 heterocycles. The minimum absolute atomic E-state index is 0.112. The van der Waals surface area contributed by atoms with Gasteiger partial charge in [-0.15, -0.1) is 0 Å². The minimum atomic E-state index is -0.704. The average Bonchev–Trinajstić information content (AvgIpc) is 2.39. The Morgan fingerprint density at radius 1 is 1.38 bits per heavy atom. The summed E-state index contributed by atoms with van der Waals surface area (Å²) < 4.78 is 5.65. The molecule has 0 aliphatic heterocycles. The molecule has 0 aromatic carbocycles. The third-order valence-electron chi connectivity index (χ3n) is 3.82. The molecule has 0 bridgehead atoms. The van der Waals surface area contributed by atoms with Crippen molar-refractivity contribution in [3.63, 3.8) is 0 Å². The molecule has 1 fully saturated rings. The lowest BCUT2D eigenvalue weighted by molar-refractivity contribution is -0.163. The fourth-order valence-corrected chi connectivity index (χ4v) is 4.63. The van der Waals surface area contributed by atoms with E-state index in [1.807, 2.05) is 18.7 Å². The van der Waals surface area contributed by atoms with Crippen molar-refractivity contribution in [2.24, 2.45) is 5.92 Å². The van der Waals surface area contributed by atoms with Gasteiger partial charge in [0.25, 0.3) is 0 Å². The lowest BCUT2D eigenvalue weighted by Crippen LogP contribution is -2.48. The first kappa shape index (κ1) is 18.6. The van der Waals surface area contributed by atoms with E-state index in [9.17, 15) is 9.59 Å². The van der Waals surface area contributed by atoms with Crippen molar-refractivity contribution in [2.75, 3.05) is 6.26 Å². The van der Waals surface area contributed by atoms with Crippen LogP contribution in [0.3, 0.4) is 0 Å². The Kier molecular flexibility index (Phi) is 6.85. The van der Waals surface area contributed by atoms with Gasteiger partial charge in [-0.1, -0.05) is 32.2 Å². The Morgan fingerprint density at radius 2 is 2.00 bits per heavy atom. The highest BCUT2D eigenvalue weighted by molar-refractivity contribution is 8.13. The molecule has 5 heteroatoms. The molecule has 0 N–H and O–H groups in total. The molecule has 0 spiro atoms. The van der Waals surface area contributed by atoms with E-state index in [1.54, 1.807) is 13.2 Å². The topological polar surface area (TPSA) is 43.4 Å². The van der Waals surface area contributed by atoms with Crippen molar-refractivity contribution in [1.29, 1.82) is 0 Å². The zero-order chi connectivity index (χ0) is 16.2. The van der Waals surface area contributed by atoms with Gasteiger partial charge in [0.2, 0.25) is 0 Å². The fourth-order valence-electron chi connectivity index (χ4n) is 2.67. The van der Waals surface area contributed by atoms with E-state index >= 15 is 0 Å². The van der Waals surface area contributed by atoms with Crippen LogP contribution in [0.5, 0.6) is 0 Å². The van der Waals surface area contributed by atoms with Crippen LogP contribution >= 0.6 is 23.5 Å². The zero-order valence-corrected chi connectivity index (χ0v) is 15.2. The number of thioether (sulfide) groups is 2. The fraction of sp³-hybridized carbons (Fsp3) is 0.750. The van der Waals surface area contributed by atoms with E-state index in [2.05, 4.69) is 20.4 Å². The van der Waals surface area contributed by atoms with E-state index in [4.69, 9.17) is 4.74 Å². The summed E-state index contributed by atoms with van der Waals surface area (Å²) in [6.45, 7) is 11.5. The van der Waals surface area contributed by atoms with Crippen molar-refractivity contribution >= 4 is 34.6 Å². The van der Waals surface area contributed by atoms with Crippen LogP contribution < -0.4 is 0 Å². The maximum Gasteiger partial charge on any atom is 0.333 e. The van der Waals surface area contributed by atoms with Crippen LogP contribution in [-0.2, 0) is 14.3 Å². The lowest BCUT2D eigenvalue weighted by atomic mass is 9.76. The summed E-state index contributed by atoms with van der Waals surface area (Å²) in [7, 11) is 0. The lowest BCUT2D eigenvalue weighted by Gasteiger charge is -2.42. The smallest absolute Gasteiger partial charge is 0.333 e. The molecule has 1 aliphatic rings. The van der Waals surface area contributed by atoms with Crippen LogP contribution in [0.25, 0.3) is 0 Å². The second-order valence-corrected chi connectivity index (χ2v) is 8.83. The molecule has 0 aromatic heterocycles. The van der Waals surface area contributed by atoms with Gasteiger partial charge < -0.3 is 4.74 Å². The van der Waals surface area contributed by atoms with Crippen molar-refractivity contribution in [3.8, 4) is 0 Å². The molecule has 1 aliphatic carbocycles. The maximum absolute atomic E-state index is 12.3. The number of esters is 1. The van der Waals surface area contributed by atoms with Crippen molar-refractivity contribution in [2.45, 2.75) is 63.1 Å². The summed E-state index contributed by atoms with van der Waals surface area (Å²) in [5.74, 6) is -0.632. The third kappa shape index (κ3) is 5.06. The second kappa shape index (κ2) is 7.73. The third-order valence-corrected chi connectivity index (χ3v) is 5.87. The van der Waals surface area contributed by atoms with Crippen LogP contribution in [-0.4, -0.2) is 33.4 Å². The number of ether oxygens (including phenoxy) is 1. The largest absolute Gasteiger partial charge is 0.455 e. The van der Waals surface area contributed by atoms with E-state index in [0.29, 0.717) is 16.1 Å². The number of carbonyl (C=O) groups excluding carboxylic acids is 2. The number of hydrogen-bond donors (Lipinski definition) is 0. The zero-order valence-electron chi connectivity index (χ0n) is 13.6. The van der Waals surface area contributed by atoms with Gasteiger partial charge in [-0.25, -0.2) is 4.79 Å². The molecule has 1 saturated carbocycles. The Morgan fingerprint density at radius 3 is 2.48 bits per heavy atom. The summed E-state index contributed by atoms with van der Waals surface area (Å²) in [6.07, 6.45) is 4.28. The molecule has 0 amide bonds. The monoisotopic (exact) mass is 330 g/mol.